The van der Waals surface area contributed by atoms with Crippen LogP contribution < -0.4 is 5.32 Å². The molecule has 1 aliphatic heterocycles. The summed E-state index contributed by atoms with van der Waals surface area (Å²) >= 11 is 0. The molecule has 0 aliphatic carbocycles. The van der Waals surface area contributed by atoms with Gasteiger partial charge in [-0.25, -0.2) is 4.39 Å². The van der Waals surface area contributed by atoms with Gasteiger partial charge in [-0.15, -0.1) is 0 Å². The summed E-state index contributed by atoms with van der Waals surface area (Å²) in [6, 6.07) is 15.3. The van der Waals surface area contributed by atoms with Crippen LogP contribution in [0.2, 0.25) is 0 Å². The van der Waals surface area contributed by atoms with Crippen molar-refractivity contribution in [2.75, 3.05) is 6.54 Å². The van der Waals surface area contributed by atoms with Crippen molar-refractivity contribution in [2.45, 2.75) is 25.3 Å². The van der Waals surface area contributed by atoms with Gasteiger partial charge in [-0.2, -0.15) is 0 Å². The van der Waals surface area contributed by atoms with Crippen LogP contribution >= 0.6 is 0 Å². The first-order valence-corrected chi connectivity index (χ1v) is 6.67. The Morgan fingerprint density at radius 3 is 2.37 bits per heavy atom. The molecule has 2 aromatic rings. The minimum Gasteiger partial charge on any atom is -0.305 e. The normalized spacial score (nSPS) is 20.9. The monoisotopic (exact) mass is 255 g/mol. The van der Waals surface area contributed by atoms with Gasteiger partial charge in [-0.05, 0) is 17.2 Å². The average Bonchev–Trinajstić information content (AvgIpc) is 2.41. The summed E-state index contributed by atoms with van der Waals surface area (Å²) < 4.78 is 14.0. The molecule has 0 saturated carbocycles. The Morgan fingerprint density at radius 1 is 1.00 bits per heavy atom. The van der Waals surface area contributed by atoms with Gasteiger partial charge in [-0.3, -0.25) is 0 Å². The van der Waals surface area contributed by atoms with Gasteiger partial charge in [0, 0.05) is 17.5 Å². The Balaban J connectivity index is 2.14. The fourth-order valence-electron chi connectivity index (χ4n) is 2.91. The molecule has 2 heteroatoms. The van der Waals surface area contributed by atoms with Crippen molar-refractivity contribution in [1.29, 1.82) is 0 Å². The van der Waals surface area contributed by atoms with E-state index in [9.17, 15) is 4.39 Å². The summed E-state index contributed by atoms with van der Waals surface area (Å²) in [7, 11) is 0. The summed E-state index contributed by atoms with van der Waals surface area (Å²) in [5.41, 5.74) is 3.30. The van der Waals surface area contributed by atoms with Gasteiger partial charge in [0.25, 0.3) is 0 Å². The molecule has 1 aliphatic rings. The largest absolute Gasteiger partial charge is 0.305 e. The Bertz CT molecular complexity index is 604. The second-order valence-corrected chi connectivity index (χ2v) is 5.81. The molecule has 98 valence electrons. The van der Waals surface area contributed by atoms with Crippen molar-refractivity contribution in [2.24, 2.45) is 0 Å². The molecule has 0 bridgehead atoms. The number of hydrogen-bond acceptors (Lipinski definition) is 1. The maximum atomic E-state index is 14.0. The fourth-order valence-corrected chi connectivity index (χ4v) is 2.91. The van der Waals surface area contributed by atoms with Crippen LogP contribution in [0, 0.1) is 5.82 Å². The minimum atomic E-state index is -0.144. The average molecular weight is 255 g/mol. The predicted octanol–water partition coefficient (Wildman–Crippen LogP) is 3.80. The molecule has 1 N–H and O–H groups in total. The quantitative estimate of drug-likeness (QED) is 0.817. The lowest BCUT2D eigenvalue weighted by Crippen LogP contribution is -2.42. The highest BCUT2D eigenvalue weighted by Crippen LogP contribution is 2.37. The van der Waals surface area contributed by atoms with Crippen molar-refractivity contribution in [1.82, 2.24) is 5.32 Å². The van der Waals surface area contributed by atoms with Crippen LogP contribution in [0.5, 0.6) is 0 Å². The van der Waals surface area contributed by atoms with Crippen molar-refractivity contribution >= 4 is 0 Å². The molecule has 1 heterocycles. The van der Waals surface area contributed by atoms with E-state index in [-0.39, 0.29) is 17.3 Å². The summed E-state index contributed by atoms with van der Waals surface area (Å²) in [6.45, 7) is 5.29. The van der Waals surface area contributed by atoms with Crippen LogP contribution in [0.3, 0.4) is 0 Å². The summed E-state index contributed by atoms with van der Waals surface area (Å²) in [5, 5.41) is 3.48. The molecule has 0 spiro atoms. The van der Waals surface area contributed by atoms with Gasteiger partial charge in [-0.1, -0.05) is 56.3 Å². The van der Waals surface area contributed by atoms with E-state index in [1.165, 1.54) is 17.2 Å². The summed E-state index contributed by atoms with van der Waals surface area (Å²) in [6.07, 6.45) is 0. The molecule has 2 aromatic carbocycles. The van der Waals surface area contributed by atoms with Crippen LogP contribution in [0.15, 0.2) is 48.5 Å². The van der Waals surface area contributed by atoms with Gasteiger partial charge < -0.3 is 5.32 Å². The van der Waals surface area contributed by atoms with Gasteiger partial charge >= 0.3 is 0 Å². The Kier molecular flexibility index (Phi) is 2.90. The molecule has 0 aromatic heterocycles. The first-order valence-electron chi connectivity index (χ1n) is 6.67. The Labute approximate surface area is 113 Å². The van der Waals surface area contributed by atoms with Crippen LogP contribution in [0.25, 0.3) is 0 Å². The molecule has 0 saturated heterocycles. The molecule has 0 amide bonds. The first kappa shape index (κ1) is 12.4. The fraction of sp³-hybridized carbons (Fsp3) is 0.294. The highest BCUT2D eigenvalue weighted by Gasteiger charge is 2.33. The zero-order chi connectivity index (χ0) is 13.5. The van der Waals surface area contributed by atoms with E-state index in [1.54, 1.807) is 6.07 Å². The molecule has 3 rings (SSSR count). The summed E-state index contributed by atoms with van der Waals surface area (Å²) in [5.74, 6) is -0.144. The van der Waals surface area contributed by atoms with Gasteiger partial charge in [0.1, 0.15) is 5.82 Å². The highest BCUT2D eigenvalue weighted by molar-refractivity contribution is 5.43. The van der Waals surface area contributed by atoms with E-state index < -0.39 is 0 Å². The lowest BCUT2D eigenvalue weighted by atomic mass is 9.75. The molecular weight excluding hydrogens is 237 g/mol. The molecule has 1 atom stereocenters. The minimum absolute atomic E-state index is 0.0505. The van der Waals surface area contributed by atoms with Gasteiger partial charge in [0.2, 0.25) is 0 Å². The second kappa shape index (κ2) is 4.46. The zero-order valence-electron chi connectivity index (χ0n) is 11.3. The molecule has 0 radical (unpaired) electrons. The van der Waals surface area contributed by atoms with Crippen molar-refractivity contribution in [3.63, 3.8) is 0 Å². The topological polar surface area (TPSA) is 12.0 Å². The van der Waals surface area contributed by atoms with Crippen LogP contribution in [-0.4, -0.2) is 6.54 Å². The standard InChI is InChI=1S/C17H18FN/c1-17(2)11-19-16(12-7-3-5-9-14(12)17)13-8-4-6-10-15(13)18/h3-10,16,19H,11H2,1-2H3. The highest BCUT2D eigenvalue weighted by atomic mass is 19.1. The predicted molar refractivity (Wildman–Crippen MR) is 75.7 cm³/mol. The molecule has 19 heavy (non-hydrogen) atoms. The maximum Gasteiger partial charge on any atom is 0.128 e. The lowest BCUT2D eigenvalue weighted by molar-refractivity contribution is 0.400. The second-order valence-electron chi connectivity index (χ2n) is 5.81. The first-order chi connectivity index (χ1) is 9.09. The third-order valence-electron chi connectivity index (χ3n) is 3.97. The lowest BCUT2D eigenvalue weighted by Gasteiger charge is -2.38. The summed E-state index contributed by atoms with van der Waals surface area (Å²) in [4.78, 5) is 0. The van der Waals surface area contributed by atoms with Crippen LogP contribution in [0.1, 0.15) is 36.6 Å². The smallest absolute Gasteiger partial charge is 0.128 e. The molecule has 0 fully saturated rings. The van der Waals surface area contributed by atoms with E-state index in [0.29, 0.717) is 0 Å². The maximum absolute atomic E-state index is 14.0. The zero-order valence-corrected chi connectivity index (χ0v) is 11.3. The Morgan fingerprint density at radius 2 is 1.63 bits per heavy atom. The molecule has 1 unspecified atom stereocenters. The molecular formula is C17H18FN. The number of nitrogens with one attached hydrogen (secondary N) is 1. The number of halogens is 1. The van der Waals surface area contributed by atoms with E-state index in [2.05, 4.69) is 37.4 Å². The number of benzene rings is 2. The van der Waals surface area contributed by atoms with E-state index in [4.69, 9.17) is 0 Å². The van der Waals surface area contributed by atoms with E-state index in [0.717, 1.165) is 12.1 Å². The van der Waals surface area contributed by atoms with Gasteiger partial charge in [0.05, 0.1) is 6.04 Å². The van der Waals surface area contributed by atoms with Crippen molar-refractivity contribution < 1.29 is 4.39 Å². The Hall–Kier alpha value is -1.67. The number of rotatable bonds is 1. The SMILES string of the molecule is CC1(C)CNC(c2ccccc2F)c2ccccc21. The number of fused-ring (bicyclic) bond motifs is 1. The third-order valence-corrected chi connectivity index (χ3v) is 3.97. The van der Waals surface area contributed by atoms with Crippen LogP contribution in [-0.2, 0) is 5.41 Å². The van der Waals surface area contributed by atoms with Crippen molar-refractivity contribution in [3.05, 3.63) is 71.0 Å². The van der Waals surface area contributed by atoms with Crippen LogP contribution in [0.4, 0.5) is 4.39 Å². The molecule has 1 nitrogen and oxygen atoms in total. The van der Waals surface area contributed by atoms with E-state index in [1.807, 2.05) is 18.2 Å². The number of hydrogen-bond donors (Lipinski definition) is 1. The van der Waals surface area contributed by atoms with Crippen molar-refractivity contribution in [3.8, 4) is 0 Å². The third kappa shape index (κ3) is 2.06. The van der Waals surface area contributed by atoms with E-state index >= 15 is 0 Å². The van der Waals surface area contributed by atoms with Gasteiger partial charge in [0.15, 0.2) is 0 Å².